The van der Waals surface area contributed by atoms with Crippen molar-refractivity contribution in [2.75, 3.05) is 6.54 Å². The van der Waals surface area contributed by atoms with Gasteiger partial charge in [0.05, 0.1) is 6.07 Å². The van der Waals surface area contributed by atoms with Crippen LogP contribution < -0.4 is 12.4 Å². The monoisotopic (exact) mass is 152 g/mol. The van der Waals surface area contributed by atoms with Gasteiger partial charge in [-0.2, -0.15) is 5.26 Å². The Labute approximate surface area is 61.1 Å². The predicted octanol–water partition coefficient (Wildman–Crippen LogP) is -1.71. The number of nitriles is 1. The second-order valence-corrected chi connectivity index (χ2v) is 0.814. The SMILES string of the molecule is C#[N+]CCC#N.Cl.[Cl-]. The molecule has 0 rings (SSSR count). The maximum absolute atomic E-state index is 7.83. The minimum absolute atomic E-state index is 0. The molecule has 0 saturated carbocycles. The summed E-state index contributed by atoms with van der Waals surface area (Å²) in [4.78, 5) is 3.20. The largest absolute Gasteiger partial charge is 1.00 e. The van der Waals surface area contributed by atoms with Crippen molar-refractivity contribution in [2.24, 2.45) is 0 Å². The van der Waals surface area contributed by atoms with Gasteiger partial charge >= 0.3 is 0 Å². The van der Waals surface area contributed by atoms with Crippen molar-refractivity contribution >= 4 is 12.4 Å². The molecule has 0 aliphatic heterocycles. The van der Waals surface area contributed by atoms with Crippen molar-refractivity contribution in [3.8, 4) is 12.6 Å². The average molecular weight is 153 g/mol. The van der Waals surface area contributed by atoms with Crippen LogP contribution in [0.5, 0.6) is 0 Å². The van der Waals surface area contributed by atoms with E-state index in [2.05, 4.69) is 11.4 Å². The van der Waals surface area contributed by atoms with Gasteiger partial charge in [0.15, 0.2) is 0 Å². The number of hydrogen-bond acceptors (Lipinski definition) is 1. The summed E-state index contributed by atoms with van der Waals surface area (Å²) in [6.45, 7) is 5.14. The van der Waals surface area contributed by atoms with Crippen LogP contribution in [-0.4, -0.2) is 6.54 Å². The Bertz CT molecular complexity index is 85.6. The molecule has 46 valence electrons. The summed E-state index contributed by atoms with van der Waals surface area (Å²) in [6.07, 6.45) is 0.427. The van der Waals surface area contributed by atoms with Gasteiger partial charge in [-0.3, -0.25) is 0 Å². The Hall–Kier alpha value is -0.440. The molecule has 4 heteroatoms. The average Bonchev–Trinajstić information content (AvgIpc) is 1.61. The second-order valence-electron chi connectivity index (χ2n) is 0.814. The molecule has 0 aromatic carbocycles. The Morgan fingerprint density at radius 2 is 2.12 bits per heavy atom. The first-order valence-corrected chi connectivity index (χ1v) is 1.65. The first kappa shape index (κ1) is 15.6. The highest BCUT2D eigenvalue weighted by Gasteiger charge is 1.81. The quantitative estimate of drug-likeness (QED) is 0.412. The molecule has 0 aliphatic carbocycles. The van der Waals surface area contributed by atoms with Crippen molar-refractivity contribution in [3.05, 3.63) is 4.85 Å². The van der Waals surface area contributed by atoms with E-state index in [1.54, 1.807) is 0 Å². The lowest BCUT2D eigenvalue weighted by Gasteiger charge is -1.56. The van der Waals surface area contributed by atoms with Gasteiger partial charge in [0.1, 0.15) is 6.42 Å². The van der Waals surface area contributed by atoms with Gasteiger partial charge in [-0.15, -0.1) is 12.4 Å². The topological polar surface area (TPSA) is 28.1 Å². The summed E-state index contributed by atoms with van der Waals surface area (Å²) in [7, 11) is 0. The maximum Gasteiger partial charge on any atom is 0.276 e. The van der Waals surface area contributed by atoms with Crippen LogP contribution in [0.2, 0.25) is 0 Å². The second kappa shape index (κ2) is 16.0. The van der Waals surface area contributed by atoms with Gasteiger partial charge in [0.2, 0.25) is 0 Å². The van der Waals surface area contributed by atoms with Crippen LogP contribution in [0.25, 0.3) is 4.85 Å². The molecule has 0 spiro atoms. The van der Waals surface area contributed by atoms with E-state index < -0.39 is 0 Å². The third-order valence-corrected chi connectivity index (χ3v) is 0.353. The van der Waals surface area contributed by atoms with Gasteiger partial charge in [-0.05, 0) is 0 Å². The molecule has 0 aliphatic rings. The normalized spacial score (nSPS) is 4.25. The molecular weight excluding hydrogens is 147 g/mol. The van der Waals surface area contributed by atoms with Crippen molar-refractivity contribution < 1.29 is 12.4 Å². The van der Waals surface area contributed by atoms with Crippen LogP contribution in [0.3, 0.4) is 0 Å². The van der Waals surface area contributed by atoms with Crippen LogP contribution in [0.1, 0.15) is 6.42 Å². The fourth-order valence-corrected chi connectivity index (χ4v) is 0.115. The predicted molar refractivity (Wildman–Crippen MR) is 30.6 cm³/mol. The molecular formula is C4H6Cl2N2. The summed E-state index contributed by atoms with van der Waals surface area (Å²) in [5, 5.41) is 7.83. The molecule has 0 N–H and O–H groups in total. The van der Waals surface area contributed by atoms with E-state index in [0.717, 1.165) is 0 Å². The number of halogens is 2. The van der Waals surface area contributed by atoms with Crippen LogP contribution in [0.4, 0.5) is 0 Å². The third-order valence-electron chi connectivity index (χ3n) is 0.353. The van der Waals surface area contributed by atoms with Crippen molar-refractivity contribution in [3.63, 3.8) is 0 Å². The zero-order valence-electron chi connectivity index (χ0n) is 4.17. The summed E-state index contributed by atoms with van der Waals surface area (Å²) in [6, 6.07) is 1.89. The highest BCUT2D eigenvalue weighted by molar-refractivity contribution is 5.85. The lowest BCUT2D eigenvalue weighted by molar-refractivity contribution is -0.00000172. The summed E-state index contributed by atoms with van der Waals surface area (Å²) >= 11 is 0. The molecule has 0 saturated heterocycles. The Kier molecular flexibility index (Phi) is 31.3. The lowest BCUT2D eigenvalue weighted by Crippen LogP contribution is -3.00. The number of rotatable bonds is 1. The Morgan fingerprint density at radius 1 is 1.62 bits per heavy atom. The van der Waals surface area contributed by atoms with E-state index in [0.29, 0.717) is 13.0 Å². The minimum atomic E-state index is 0. The summed E-state index contributed by atoms with van der Waals surface area (Å²) in [5.41, 5.74) is 0. The fraction of sp³-hybridized carbons (Fsp3) is 0.500. The molecule has 0 amide bonds. The van der Waals surface area contributed by atoms with Crippen molar-refractivity contribution in [1.82, 2.24) is 0 Å². The van der Waals surface area contributed by atoms with Crippen LogP contribution >= 0.6 is 12.4 Å². The van der Waals surface area contributed by atoms with Crippen molar-refractivity contribution in [2.45, 2.75) is 6.42 Å². The highest BCUT2D eigenvalue weighted by atomic mass is 35.5. The number of nitrogens with zero attached hydrogens (tertiary/aromatic N) is 2. The van der Waals surface area contributed by atoms with E-state index in [1.165, 1.54) is 0 Å². The van der Waals surface area contributed by atoms with Crippen LogP contribution in [0, 0.1) is 17.9 Å². The summed E-state index contributed by atoms with van der Waals surface area (Å²) in [5.74, 6) is 0. The van der Waals surface area contributed by atoms with Gasteiger partial charge in [0, 0.05) is 0 Å². The van der Waals surface area contributed by atoms with Gasteiger partial charge in [0.25, 0.3) is 13.1 Å². The maximum atomic E-state index is 7.83. The van der Waals surface area contributed by atoms with Crippen LogP contribution in [-0.2, 0) is 0 Å². The van der Waals surface area contributed by atoms with Crippen molar-refractivity contribution in [1.29, 1.82) is 5.26 Å². The zero-order chi connectivity index (χ0) is 4.83. The van der Waals surface area contributed by atoms with E-state index in [1.807, 2.05) is 6.07 Å². The summed E-state index contributed by atoms with van der Waals surface area (Å²) < 4.78 is 0. The molecule has 8 heavy (non-hydrogen) atoms. The van der Waals surface area contributed by atoms with Gasteiger partial charge in [-0.25, -0.2) is 0 Å². The van der Waals surface area contributed by atoms with E-state index in [-0.39, 0.29) is 24.8 Å². The fourth-order valence-electron chi connectivity index (χ4n) is 0.115. The molecule has 0 unspecified atom stereocenters. The first-order chi connectivity index (χ1) is 2.91. The van der Waals surface area contributed by atoms with E-state index in [9.17, 15) is 0 Å². The van der Waals surface area contributed by atoms with E-state index >= 15 is 0 Å². The van der Waals surface area contributed by atoms with Crippen LogP contribution in [0.15, 0.2) is 0 Å². The lowest BCUT2D eigenvalue weighted by atomic mass is 10.5. The highest BCUT2D eigenvalue weighted by Crippen LogP contribution is 1.71. The van der Waals surface area contributed by atoms with Gasteiger partial charge < -0.3 is 12.4 Å². The molecule has 0 aromatic rings. The molecule has 0 heterocycles. The zero-order valence-corrected chi connectivity index (χ0v) is 5.74. The molecule has 0 bridgehead atoms. The smallest absolute Gasteiger partial charge is 0.276 e. The van der Waals surface area contributed by atoms with Gasteiger partial charge in [-0.1, -0.05) is 4.85 Å². The number of hydrogen-bond donors (Lipinski definition) is 0. The third kappa shape index (κ3) is 17.6. The Morgan fingerprint density at radius 3 is 2.25 bits per heavy atom. The Balaban J connectivity index is -0.000000125. The first-order valence-electron chi connectivity index (χ1n) is 1.65. The molecule has 0 aromatic heterocycles. The minimum Gasteiger partial charge on any atom is -1.00 e. The molecule has 0 atom stereocenters. The standard InChI is InChI=1S/C4H5N2.2ClH/c1-6-4-2-3-5;;/h1H,2,4H2;2*1H/q+1;;/p-1. The molecule has 2 nitrogen and oxygen atoms in total. The molecule has 0 fully saturated rings. The molecule has 0 radical (unpaired) electrons. The van der Waals surface area contributed by atoms with E-state index in [4.69, 9.17) is 5.26 Å².